The van der Waals surface area contributed by atoms with Crippen LogP contribution in [0, 0.1) is 0 Å². The van der Waals surface area contributed by atoms with Crippen LogP contribution in [0.1, 0.15) is 33.6 Å². The van der Waals surface area contributed by atoms with E-state index in [1.54, 1.807) is 13.8 Å². The molecule has 0 radical (unpaired) electrons. The van der Waals surface area contributed by atoms with E-state index in [0.29, 0.717) is 12.8 Å². The number of esters is 1. The van der Waals surface area contributed by atoms with Crippen LogP contribution < -0.4 is 10.5 Å². The van der Waals surface area contributed by atoms with Gasteiger partial charge in [-0.25, -0.2) is 13.1 Å². The first-order valence-electron chi connectivity index (χ1n) is 5.57. The van der Waals surface area contributed by atoms with Crippen molar-refractivity contribution in [2.75, 3.05) is 7.11 Å². The molecule has 0 aliphatic rings. The maximum atomic E-state index is 12.0. The summed E-state index contributed by atoms with van der Waals surface area (Å²) in [5, 5.41) is -1.31. The lowest BCUT2D eigenvalue weighted by molar-refractivity contribution is -0.139. The predicted octanol–water partition coefficient (Wildman–Crippen LogP) is 0.312. The Hall–Kier alpha value is -0.730. The van der Waals surface area contributed by atoms with Crippen LogP contribution in [-0.4, -0.2) is 37.3 Å². The molecule has 0 aromatic heterocycles. The molecule has 0 aliphatic carbocycles. The van der Waals surface area contributed by atoms with Crippen LogP contribution in [-0.2, 0) is 19.6 Å². The largest absolute Gasteiger partial charge is 0.468 e. The van der Waals surface area contributed by atoms with E-state index in [1.807, 2.05) is 0 Å². The predicted molar refractivity (Wildman–Crippen MR) is 73.6 cm³/mol. The highest BCUT2D eigenvalue weighted by Gasteiger charge is 2.39. The minimum Gasteiger partial charge on any atom is -0.468 e. The second-order valence-corrected chi connectivity index (χ2v) is 6.41. The summed E-state index contributed by atoms with van der Waals surface area (Å²) >= 11 is 4.91. The Morgan fingerprint density at radius 1 is 1.44 bits per heavy atom. The van der Waals surface area contributed by atoms with Gasteiger partial charge in [0.2, 0.25) is 10.0 Å². The molecule has 0 saturated heterocycles. The van der Waals surface area contributed by atoms with Crippen LogP contribution in [0.2, 0.25) is 0 Å². The molecule has 8 heteroatoms. The first-order chi connectivity index (χ1) is 8.16. The summed E-state index contributed by atoms with van der Waals surface area (Å²) in [4.78, 5) is 11.3. The van der Waals surface area contributed by atoms with Crippen molar-refractivity contribution in [2.45, 2.75) is 44.4 Å². The standard InChI is InChI=1S/C10H20N2O4S2/c1-5-10(6-2,9(11)17)12-18(14,15)7(3)8(13)16-4/h7,12H,5-6H2,1-4H3,(H2,11,17). The number of nitrogens with one attached hydrogen (secondary N) is 1. The first-order valence-corrected chi connectivity index (χ1v) is 7.52. The van der Waals surface area contributed by atoms with Crippen molar-refractivity contribution in [3.8, 4) is 0 Å². The summed E-state index contributed by atoms with van der Waals surface area (Å²) in [5.74, 6) is -0.827. The van der Waals surface area contributed by atoms with Gasteiger partial charge in [0.05, 0.1) is 17.6 Å². The fourth-order valence-electron chi connectivity index (χ4n) is 1.45. The smallest absolute Gasteiger partial charge is 0.325 e. The van der Waals surface area contributed by atoms with Crippen LogP contribution in [0.25, 0.3) is 0 Å². The lowest BCUT2D eigenvalue weighted by atomic mass is 9.94. The molecule has 0 saturated carbocycles. The Kier molecular flexibility index (Phi) is 6.18. The zero-order valence-corrected chi connectivity index (χ0v) is 12.7. The van der Waals surface area contributed by atoms with Crippen LogP contribution in [0.4, 0.5) is 0 Å². The minimum absolute atomic E-state index is 0.0631. The Morgan fingerprint density at radius 2 is 1.89 bits per heavy atom. The summed E-state index contributed by atoms with van der Waals surface area (Å²) in [7, 11) is -2.76. The third kappa shape index (κ3) is 3.63. The molecule has 18 heavy (non-hydrogen) atoms. The number of nitrogens with two attached hydrogens (primary N) is 1. The monoisotopic (exact) mass is 296 g/mol. The molecule has 1 unspecified atom stereocenters. The summed E-state index contributed by atoms with van der Waals surface area (Å²) in [6, 6.07) is 0. The number of ether oxygens (including phenoxy) is 1. The molecular formula is C10H20N2O4S2. The number of carbonyl (C=O) groups excluding carboxylic acids is 1. The van der Waals surface area contributed by atoms with Gasteiger partial charge in [-0.2, -0.15) is 0 Å². The number of methoxy groups -OCH3 is 1. The van der Waals surface area contributed by atoms with Crippen molar-refractivity contribution in [1.29, 1.82) is 0 Å². The van der Waals surface area contributed by atoms with E-state index in [1.165, 1.54) is 6.92 Å². The van der Waals surface area contributed by atoms with Gasteiger partial charge in [0.1, 0.15) is 0 Å². The Bertz CT molecular complexity index is 416. The van der Waals surface area contributed by atoms with Gasteiger partial charge in [-0.3, -0.25) is 4.79 Å². The van der Waals surface area contributed by atoms with Gasteiger partial charge in [0.15, 0.2) is 5.25 Å². The summed E-state index contributed by atoms with van der Waals surface area (Å²) in [5.41, 5.74) is 4.59. The average molecular weight is 296 g/mol. The topological polar surface area (TPSA) is 98.5 Å². The number of rotatable bonds is 7. The van der Waals surface area contributed by atoms with E-state index in [4.69, 9.17) is 18.0 Å². The van der Waals surface area contributed by atoms with Crippen molar-refractivity contribution >= 4 is 33.2 Å². The zero-order valence-electron chi connectivity index (χ0n) is 11.0. The number of hydrogen-bond acceptors (Lipinski definition) is 5. The SMILES string of the molecule is CCC(CC)(NS(=O)(=O)C(C)C(=O)OC)C(N)=S. The highest BCUT2D eigenvalue weighted by atomic mass is 32.2. The maximum Gasteiger partial charge on any atom is 0.325 e. The van der Waals surface area contributed by atoms with Gasteiger partial charge in [-0.1, -0.05) is 26.1 Å². The van der Waals surface area contributed by atoms with Crippen LogP contribution >= 0.6 is 12.2 Å². The second-order valence-electron chi connectivity index (χ2n) is 3.97. The normalized spacial score (nSPS) is 14.0. The molecule has 0 rings (SSSR count). The average Bonchev–Trinajstić information content (AvgIpc) is 2.33. The van der Waals surface area contributed by atoms with Gasteiger partial charge in [-0.15, -0.1) is 0 Å². The van der Waals surface area contributed by atoms with Crippen LogP contribution in [0.5, 0.6) is 0 Å². The molecule has 0 fully saturated rings. The number of sulfonamides is 1. The van der Waals surface area contributed by atoms with E-state index < -0.39 is 26.8 Å². The molecule has 0 bridgehead atoms. The van der Waals surface area contributed by atoms with Crippen molar-refractivity contribution in [1.82, 2.24) is 4.72 Å². The molecule has 0 amide bonds. The molecular weight excluding hydrogens is 276 g/mol. The quantitative estimate of drug-likeness (QED) is 0.518. The first kappa shape index (κ1) is 17.3. The molecule has 0 aliphatic heterocycles. The van der Waals surface area contributed by atoms with Gasteiger partial charge < -0.3 is 10.5 Å². The minimum atomic E-state index is -3.89. The fourth-order valence-corrected chi connectivity index (χ4v) is 3.32. The molecule has 3 N–H and O–H groups in total. The molecule has 6 nitrogen and oxygen atoms in total. The lowest BCUT2D eigenvalue weighted by Crippen LogP contribution is -2.58. The van der Waals surface area contributed by atoms with Crippen molar-refractivity contribution in [3.05, 3.63) is 0 Å². The van der Waals surface area contributed by atoms with Gasteiger partial charge >= 0.3 is 5.97 Å². The molecule has 0 aromatic carbocycles. The third-order valence-electron chi connectivity index (χ3n) is 3.01. The van der Waals surface area contributed by atoms with E-state index in [2.05, 4.69) is 9.46 Å². The van der Waals surface area contributed by atoms with Crippen LogP contribution in [0.3, 0.4) is 0 Å². The zero-order chi connectivity index (χ0) is 14.6. The molecule has 106 valence electrons. The van der Waals surface area contributed by atoms with Gasteiger partial charge in [0, 0.05) is 0 Å². The van der Waals surface area contributed by atoms with E-state index >= 15 is 0 Å². The fraction of sp³-hybridized carbons (Fsp3) is 0.800. The van der Waals surface area contributed by atoms with Crippen molar-refractivity contribution in [3.63, 3.8) is 0 Å². The highest BCUT2D eigenvalue weighted by Crippen LogP contribution is 2.18. The molecule has 0 heterocycles. The van der Waals surface area contributed by atoms with Gasteiger partial charge in [0.25, 0.3) is 0 Å². The number of hydrogen-bond donors (Lipinski definition) is 2. The van der Waals surface area contributed by atoms with E-state index in [9.17, 15) is 13.2 Å². The molecule has 0 aromatic rings. The van der Waals surface area contributed by atoms with Gasteiger partial charge in [-0.05, 0) is 19.8 Å². The number of thiocarbonyl (C=S) groups is 1. The Labute approximate surface area is 113 Å². The van der Waals surface area contributed by atoms with E-state index in [0.717, 1.165) is 7.11 Å². The molecule has 0 spiro atoms. The second kappa shape index (κ2) is 6.44. The van der Waals surface area contributed by atoms with Crippen LogP contribution in [0.15, 0.2) is 0 Å². The number of carbonyl (C=O) groups is 1. The lowest BCUT2D eigenvalue weighted by Gasteiger charge is -2.32. The third-order valence-corrected chi connectivity index (χ3v) is 5.20. The van der Waals surface area contributed by atoms with E-state index in [-0.39, 0.29) is 4.99 Å². The summed E-state index contributed by atoms with van der Waals surface area (Å²) < 4.78 is 30.9. The van der Waals surface area contributed by atoms with Crippen molar-refractivity contribution < 1.29 is 17.9 Å². The Morgan fingerprint density at radius 3 is 2.17 bits per heavy atom. The maximum absolute atomic E-state index is 12.0. The highest BCUT2D eigenvalue weighted by molar-refractivity contribution is 7.91. The Balaban J connectivity index is 5.29. The molecule has 1 atom stereocenters. The summed E-state index contributed by atoms with van der Waals surface area (Å²) in [6.45, 7) is 4.80. The van der Waals surface area contributed by atoms with Crippen molar-refractivity contribution in [2.24, 2.45) is 5.73 Å². The summed E-state index contributed by atoms with van der Waals surface area (Å²) in [6.07, 6.45) is 0.817.